The number of nitrogens with one attached hydrogen (secondary N) is 1. The maximum Gasteiger partial charge on any atom is 0.374 e. The van der Waals surface area contributed by atoms with E-state index < -0.39 is 16.0 Å². The fourth-order valence-electron chi connectivity index (χ4n) is 3.29. The van der Waals surface area contributed by atoms with Crippen LogP contribution in [-0.2, 0) is 19.5 Å². The highest BCUT2D eigenvalue weighted by Gasteiger charge is 2.32. The molecule has 1 aromatic heterocycles. The van der Waals surface area contributed by atoms with Crippen LogP contribution in [0.4, 0.5) is 0 Å². The molecule has 168 valence electrons. The third-order valence-corrected chi connectivity index (χ3v) is 7.16. The Labute approximate surface area is 182 Å². The van der Waals surface area contributed by atoms with Crippen molar-refractivity contribution in [3.63, 3.8) is 0 Å². The van der Waals surface area contributed by atoms with Gasteiger partial charge in [0.25, 0.3) is 10.0 Å². The van der Waals surface area contributed by atoms with E-state index in [2.05, 4.69) is 10.2 Å². The Bertz CT molecular complexity index is 829. The molecule has 0 aromatic carbocycles. The van der Waals surface area contributed by atoms with Gasteiger partial charge in [0.05, 0.1) is 19.8 Å². The number of rotatable bonds is 7. The van der Waals surface area contributed by atoms with Gasteiger partial charge in [0.2, 0.25) is 10.9 Å². The zero-order chi connectivity index (χ0) is 21.6. The zero-order valence-electron chi connectivity index (χ0n) is 17.0. The van der Waals surface area contributed by atoms with Gasteiger partial charge in [-0.05, 0) is 31.3 Å². The molecule has 0 saturated carbocycles. The van der Waals surface area contributed by atoms with E-state index >= 15 is 0 Å². The number of esters is 1. The van der Waals surface area contributed by atoms with Crippen molar-refractivity contribution in [3.8, 4) is 0 Å². The van der Waals surface area contributed by atoms with E-state index in [0.29, 0.717) is 18.2 Å². The molecule has 2 fully saturated rings. The van der Waals surface area contributed by atoms with Crippen LogP contribution >= 0.6 is 12.2 Å². The van der Waals surface area contributed by atoms with Crippen LogP contribution in [0.5, 0.6) is 0 Å². The molecular formula is C18H28N4O6S2. The number of furan rings is 1. The summed E-state index contributed by atoms with van der Waals surface area (Å²) in [5.41, 5.74) is 0. The average molecular weight is 461 g/mol. The number of hydrogen-bond acceptors (Lipinski definition) is 8. The standard InChI is InChI=1S/C18H28N4O6S2/c1-2-27-17(23)15-3-4-16(28-15)30(24,25)22-9-7-21(8-10-22)18(29)19-5-6-20-11-13-26-14-12-20/h3-4H,2,5-14H2,1H3,(H,19,29). The summed E-state index contributed by atoms with van der Waals surface area (Å²) in [7, 11) is -3.82. The molecule has 3 heterocycles. The first-order valence-electron chi connectivity index (χ1n) is 10.0. The second-order valence-corrected chi connectivity index (χ2v) is 9.17. The molecular weight excluding hydrogens is 432 g/mol. The second kappa shape index (κ2) is 10.5. The molecule has 3 rings (SSSR count). The van der Waals surface area contributed by atoms with Crippen LogP contribution in [0.25, 0.3) is 0 Å². The molecule has 0 bridgehead atoms. The van der Waals surface area contributed by atoms with Crippen LogP contribution in [0.15, 0.2) is 21.6 Å². The largest absolute Gasteiger partial charge is 0.460 e. The van der Waals surface area contributed by atoms with E-state index in [1.54, 1.807) is 6.92 Å². The van der Waals surface area contributed by atoms with Gasteiger partial charge in [-0.1, -0.05) is 0 Å². The lowest BCUT2D eigenvalue weighted by Gasteiger charge is -2.35. The fourth-order valence-corrected chi connectivity index (χ4v) is 4.91. The van der Waals surface area contributed by atoms with Gasteiger partial charge < -0.3 is 24.1 Å². The highest BCUT2D eigenvalue weighted by molar-refractivity contribution is 7.89. The van der Waals surface area contributed by atoms with Gasteiger partial charge in [-0.2, -0.15) is 4.31 Å². The summed E-state index contributed by atoms with van der Waals surface area (Å²) in [4.78, 5) is 16.0. The van der Waals surface area contributed by atoms with Crippen LogP contribution < -0.4 is 5.32 Å². The van der Waals surface area contributed by atoms with Gasteiger partial charge in [0.15, 0.2) is 5.11 Å². The van der Waals surface area contributed by atoms with Gasteiger partial charge in [-0.3, -0.25) is 4.90 Å². The van der Waals surface area contributed by atoms with Crippen molar-refractivity contribution >= 4 is 33.3 Å². The lowest BCUT2D eigenvalue weighted by Crippen LogP contribution is -2.53. The summed E-state index contributed by atoms with van der Waals surface area (Å²) >= 11 is 5.46. The Morgan fingerprint density at radius 2 is 1.87 bits per heavy atom. The summed E-state index contributed by atoms with van der Waals surface area (Å²) in [6, 6.07) is 2.60. The first-order chi connectivity index (χ1) is 14.4. The summed E-state index contributed by atoms with van der Waals surface area (Å²) in [6.07, 6.45) is 0. The third-order valence-electron chi connectivity index (χ3n) is 4.99. The molecule has 0 aliphatic carbocycles. The number of hydrogen-bond donors (Lipinski definition) is 1. The number of carbonyl (C=O) groups excluding carboxylic acids is 1. The molecule has 0 radical (unpaired) electrons. The SMILES string of the molecule is CCOC(=O)c1ccc(S(=O)(=O)N2CCN(C(=S)NCCN3CCOCC3)CC2)o1. The van der Waals surface area contributed by atoms with E-state index in [9.17, 15) is 13.2 Å². The van der Waals surface area contributed by atoms with Crippen molar-refractivity contribution in [2.45, 2.75) is 12.0 Å². The Hall–Kier alpha value is -1.73. The molecule has 10 nitrogen and oxygen atoms in total. The number of sulfonamides is 1. The topological polar surface area (TPSA) is 105 Å². The van der Waals surface area contributed by atoms with Gasteiger partial charge in [0, 0.05) is 52.4 Å². The van der Waals surface area contributed by atoms with Gasteiger partial charge in [-0.25, -0.2) is 13.2 Å². The maximum absolute atomic E-state index is 12.8. The van der Waals surface area contributed by atoms with Crippen LogP contribution in [0.1, 0.15) is 17.5 Å². The van der Waals surface area contributed by atoms with Crippen LogP contribution in [0, 0.1) is 0 Å². The van der Waals surface area contributed by atoms with Crippen molar-refractivity contribution in [3.05, 3.63) is 17.9 Å². The predicted octanol–water partition coefficient (Wildman–Crippen LogP) is -0.0307. The third kappa shape index (κ3) is 5.70. The van der Waals surface area contributed by atoms with E-state index in [4.69, 9.17) is 26.1 Å². The number of piperazine rings is 1. The van der Waals surface area contributed by atoms with Crippen molar-refractivity contribution in [2.24, 2.45) is 0 Å². The van der Waals surface area contributed by atoms with E-state index in [-0.39, 0.29) is 30.5 Å². The Morgan fingerprint density at radius 1 is 1.17 bits per heavy atom. The molecule has 0 atom stereocenters. The minimum absolute atomic E-state index is 0.125. The molecule has 2 aliphatic heterocycles. The van der Waals surface area contributed by atoms with E-state index in [1.807, 2.05) is 4.90 Å². The summed E-state index contributed by atoms with van der Waals surface area (Å²) < 4.78 is 42.3. The van der Waals surface area contributed by atoms with Gasteiger partial charge >= 0.3 is 5.97 Å². The molecule has 0 amide bonds. The number of morpholine rings is 1. The van der Waals surface area contributed by atoms with E-state index in [0.717, 1.165) is 39.4 Å². The average Bonchev–Trinajstić information content (AvgIpc) is 3.26. The van der Waals surface area contributed by atoms with E-state index in [1.165, 1.54) is 16.4 Å². The molecule has 1 N–H and O–H groups in total. The lowest BCUT2D eigenvalue weighted by molar-refractivity contribution is 0.0388. The number of ether oxygens (including phenoxy) is 2. The van der Waals surface area contributed by atoms with Crippen molar-refractivity contribution < 1.29 is 27.1 Å². The Balaban J connectivity index is 1.47. The van der Waals surface area contributed by atoms with Gasteiger partial charge in [-0.15, -0.1) is 0 Å². The molecule has 0 spiro atoms. The monoisotopic (exact) mass is 460 g/mol. The number of thiocarbonyl (C=S) groups is 1. The molecule has 1 aromatic rings. The first kappa shape index (κ1) is 22.9. The fraction of sp³-hybridized carbons (Fsp3) is 0.667. The summed E-state index contributed by atoms with van der Waals surface area (Å²) in [6.45, 7) is 8.37. The number of nitrogens with zero attached hydrogens (tertiary/aromatic N) is 3. The lowest BCUT2D eigenvalue weighted by atomic mass is 10.4. The summed E-state index contributed by atoms with van der Waals surface area (Å²) in [5, 5.41) is 3.62. The minimum Gasteiger partial charge on any atom is -0.460 e. The second-order valence-electron chi connectivity index (χ2n) is 6.92. The Morgan fingerprint density at radius 3 is 2.53 bits per heavy atom. The quantitative estimate of drug-likeness (QED) is 0.441. The molecule has 0 unspecified atom stereocenters. The number of carbonyl (C=O) groups is 1. The minimum atomic E-state index is -3.82. The maximum atomic E-state index is 12.8. The summed E-state index contributed by atoms with van der Waals surface area (Å²) in [5.74, 6) is -0.808. The first-order valence-corrected chi connectivity index (χ1v) is 11.9. The Kier molecular flexibility index (Phi) is 8.06. The zero-order valence-corrected chi connectivity index (χ0v) is 18.7. The molecule has 12 heteroatoms. The molecule has 2 aliphatic rings. The smallest absolute Gasteiger partial charge is 0.374 e. The highest BCUT2D eigenvalue weighted by Crippen LogP contribution is 2.21. The van der Waals surface area contributed by atoms with Crippen LogP contribution in [-0.4, -0.2) is 106 Å². The highest BCUT2D eigenvalue weighted by atomic mass is 32.2. The van der Waals surface area contributed by atoms with Gasteiger partial charge in [0.1, 0.15) is 0 Å². The molecule has 2 saturated heterocycles. The van der Waals surface area contributed by atoms with Crippen molar-refractivity contribution in [1.29, 1.82) is 0 Å². The predicted molar refractivity (Wildman–Crippen MR) is 113 cm³/mol. The van der Waals surface area contributed by atoms with Crippen molar-refractivity contribution in [2.75, 3.05) is 72.2 Å². The van der Waals surface area contributed by atoms with Crippen molar-refractivity contribution in [1.82, 2.24) is 19.4 Å². The normalized spacial score (nSPS) is 18.9. The van der Waals surface area contributed by atoms with Crippen LogP contribution in [0.3, 0.4) is 0 Å². The molecule has 30 heavy (non-hydrogen) atoms. The van der Waals surface area contributed by atoms with Crippen LogP contribution in [0.2, 0.25) is 0 Å².